The van der Waals surface area contributed by atoms with Gasteiger partial charge in [0.25, 0.3) is 0 Å². The molecule has 0 bridgehead atoms. The molecule has 6 atom stereocenters. The van der Waals surface area contributed by atoms with Crippen molar-refractivity contribution in [3.63, 3.8) is 0 Å². The summed E-state index contributed by atoms with van der Waals surface area (Å²) in [6.45, 7) is 5.91. The van der Waals surface area contributed by atoms with Gasteiger partial charge in [0, 0.05) is 28.8 Å². The Morgan fingerprint density at radius 1 is 0.943 bits per heavy atom. The van der Waals surface area contributed by atoms with Crippen molar-refractivity contribution in [3.8, 4) is 16.3 Å². The highest BCUT2D eigenvalue weighted by Gasteiger charge is 2.68. The van der Waals surface area contributed by atoms with Crippen LogP contribution in [0.3, 0.4) is 0 Å². The maximum atomic E-state index is 15.0. The van der Waals surface area contributed by atoms with Crippen LogP contribution in [0.15, 0.2) is 84.4 Å². The highest BCUT2D eigenvalue weighted by atomic mass is 35.5. The van der Waals surface area contributed by atoms with Gasteiger partial charge in [0.2, 0.25) is 23.6 Å². The van der Waals surface area contributed by atoms with Crippen molar-refractivity contribution in [2.45, 2.75) is 46.0 Å². The second-order valence-electron chi connectivity index (χ2n) is 15.0. The Kier molecular flexibility index (Phi) is 7.63. The van der Waals surface area contributed by atoms with Gasteiger partial charge in [0.15, 0.2) is 0 Å². The van der Waals surface area contributed by atoms with Crippen molar-refractivity contribution in [2.24, 2.45) is 36.1 Å². The number of fused-ring (bicyclic) bond motifs is 5. The van der Waals surface area contributed by atoms with Crippen LogP contribution in [0.5, 0.6) is 5.75 Å². The van der Waals surface area contributed by atoms with E-state index in [1.54, 1.807) is 47.3 Å². The molecule has 0 spiro atoms. The molecule has 2 saturated heterocycles. The van der Waals surface area contributed by atoms with Gasteiger partial charge in [-0.25, -0.2) is 4.90 Å². The number of carbonyl (C=O) groups excluding carboxylic acids is 4. The molecule has 2 aliphatic carbocycles. The number of imide groups is 2. The second-order valence-corrected chi connectivity index (χ2v) is 16.5. The van der Waals surface area contributed by atoms with Gasteiger partial charge in [-0.05, 0) is 104 Å². The maximum absolute atomic E-state index is 15.0. The molecule has 11 heteroatoms. The van der Waals surface area contributed by atoms with Crippen molar-refractivity contribution in [2.75, 3.05) is 9.80 Å². The number of halogens is 1. The zero-order valence-electron chi connectivity index (χ0n) is 29.7. The van der Waals surface area contributed by atoms with E-state index in [0.29, 0.717) is 34.2 Å². The third-order valence-electron chi connectivity index (χ3n) is 12.3. The monoisotopic (exact) mass is 744 g/mol. The van der Waals surface area contributed by atoms with Crippen molar-refractivity contribution < 1.29 is 24.3 Å². The molecule has 2 aliphatic heterocycles. The van der Waals surface area contributed by atoms with Crippen molar-refractivity contribution in [3.05, 3.63) is 106 Å². The summed E-state index contributed by atoms with van der Waals surface area (Å²) in [7, 11) is 1.73. The fourth-order valence-corrected chi connectivity index (χ4v) is 11.0. The van der Waals surface area contributed by atoms with Gasteiger partial charge < -0.3 is 5.11 Å². The lowest BCUT2D eigenvalue weighted by Gasteiger charge is -2.49. The number of aromatic nitrogens is 2. The first kappa shape index (κ1) is 33.8. The number of amides is 4. The molecule has 5 aromatic rings. The summed E-state index contributed by atoms with van der Waals surface area (Å²) in [5, 5.41) is 17.1. The predicted molar refractivity (Wildman–Crippen MR) is 205 cm³/mol. The number of aryl methyl sites for hydroxylation is 3. The normalized spacial score (nSPS) is 26.7. The molecule has 4 amide bonds. The Bertz CT molecular complexity index is 2450. The van der Waals surface area contributed by atoms with E-state index in [2.05, 4.69) is 6.92 Å². The first-order valence-corrected chi connectivity index (χ1v) is 19.2. The summed E-state index contributed by atoms with van der Waals surface area (Å²) in [4.78, 5) is 61.7. The fourth-order valence-electron chi connectivity index (χ4n) is 9.67. The molecule has 6 unspecified atom stereocenters. The van der Waals surface area contributed by atoms with Gasteiger partial charge in [-0.15, -0.1) is 11.3 Å². The minimum absolute atomic E-state index is 0.0396. The number of anilines is 2. The smallest absolute Gasteiger partial charge is 0.242 e. The third-order valence-corrected chi connectivity index (χ3v) is 13.8. The summed E-state index contributed by atoms with van der Waals surface area (Å²) in [5.74, 6) is -3.95. The van der Waals surface area contributed by atoms with Crippen molar-refractivity contribution >= 4 is 68.2 Å². The lowest BCUT2D eigenvalue weighted by Crippen LogP contribution is -2.48. The number of allylic oxidation sites excluding steroid dienone is 2. The number of hydrogen-bond acceptors (Lipinski definition) is 7. The van der Waals surface area contributed by atoms with E-state index >= 15 is 4.79 Å². The van der Waals surface area contributed by atoms with Gasteiger partial charge in [0.05, 0.1) is 33.7 Å². The minimum atomic E-state index is -1.24. The number of benzene rings is 3. The highest BCUT2D eigenvalue weighted by Crippen LogP contribution is 2.64. The number of phenolic OH excluding ortho intramolecular Hbond substituents is 1. The molecular formula is C42H37ClN4O5S. The van der Waals surface area contributed by atoms with Crippen molar-refractivity contribution in [1.29, 1.82) is 0 Å². The number of aromatic hydroxyl groups is 1. The van der Waals surface area contributed by atoms with Gasteiger partial charge in [-0.2, -0.15) is 5.10 Å². The van der Waals surface area contributed by atoms with Gasteiger partial charge in [-0.3, -0.25) is 28.8 Å². The summed E-state index contributed by atoms with van der Waals surface area (Å²) >= 11 is 7.89. The molecule has 2 aromatic heterocycles. The molecule has 0 radical (unpaired) electrons. The Labute approximate surface area is 315 Å². The number of hydrogen-bond donors (Lipinski definition) is 1. The molecule has 3 aromatic carbocycles. The Hall–Kier alpha value is -5.06. The number of carbonyl (C=O) groups is 4. The summed E-state index contributed by atoms with van der Waals surface area (Å²) < 4.78 is 2.63. The largest absolute Gasteiger partial charge is 0.508 e. The molecule has 9 nitrogen and oxygen atoms in total. The zero-order valence-corrected chi connectivity index (χ0v) is 31.2. The topological polar surface area (TPSA) is 113 Å². The van der Waals surface area contributed by atoms with Crippen LogP contribution in [-0.2, 0) is 32.6 Å². The van der Waals surface area contributed by atoms with E-state index in [4.69, 9.17) is 16.7 Å². The fraction of sp³-hybridized carbons (Fsp3) is 0.310. The first-order chi connectivity index (χ1) is 25.4. The number of phenols is 1. The average molecular weight is 745 g/mol. The lowest BCUT2D eigenvalue weighted by molar-refractivity contribution is -0.131. The van der Waals surface area contributed by atoms with Crippen LogP contribution in [0.25, 0.3) is 20.7 Å². The van der Waals surface area contributed by atoms with E-state index in [1.807, 2.05) is 68.5 Å². The van der Waals surface area contributed by atoms with Crippen LogP contribution >= 0.6 is 22.9 Å². The predicted octanol–water partition coefficient (Wildman–Crippen LogP) is 7.97. The van der Waals surface area contributed by atoms with E-state index in [-0.39, 0.29) is 35.8 Å². The summed E-state index contributed by atoms with van der Waals surface area (Å²) in [6.07, 6.45) is 3.44. The molecule has 53 heavy (non-hydrogen) atoms. The van der Waals surface area contributed by atoms with Gasteiger partial charge in [-0.1, -0.05) is 54.4 Å². The van der Waals surface area contributed by atoms with Crippen LogP contribution in [0, 0.1) is 36.0 Å². The second kappa shape index (κ2) is 12.0. The van der Waals surface area contributed by atoms with Crippen molar-refractivity contribution in [1.82, 2.24) is 9.78 Å². The SMILES string of the molecule is CCc1ccc(N2C(=O)C3CC=C4C(CC5C(=O)N(c6cc(-c7sc8ccc(Cl)cc8c7C)nn6C)C(=O)C5(C)C4c4cccc(O)c4)C3C2=O)cc1. The number of thiophene rings is 1. The first-order valence-electron chi connectivity index (χ1n) is 18.0. The Morgan fingerprint density at radius 2 is 1.72 bits per heavy atom. The quantitative estimate of drug-likeness (QED) is 0.144. The minimum Gasteiger partial charge on any atom is -0.508 e. The van der Waals surface area contributed by atoms with Crippen LogP contribution in [-0.4, -0.2) is 38.5 Å². The highest BCUT2D eigenvalue weighted by molar-refractivity contribution is 7.22. The van der Waals surface area contributed by atoms with Gasteiger partial charge in [0.1, 0.15) is 17.3 Å². The molecule has 1 saturated carbocycles. The van der Waals surface area contributed by atoms with Crippen LogP contribution in [0.1, 0.15) is 49.3 Å². The molecule has 4 heterocycles. The molecule has 9 rings (SSSR count). The molecule has 4 aliphatic rings. The lowest BCUT2D eigenvalue weighted by atomic mass is 9.51. The third kappa shape index (κ3) is 4.77. The number of rotatable bonds is 5. The summed E-state index contributed by atoms with van der Waals surface area (Å²) in [5.41, 5.74) is 3.61. The van der Waals surface area contributed by atoms with E-state index in [0.717, 1.165) is 38.1 Å². The van der Waals surface area contributed by atoms with Crippen LogP contribution in [0.2, 0.25) is 5.02 Å². The molecule has 1 N–H and O–H groups in total. The maximum Gasteiger partial charge on any atom is 0.242 e. The standard InChI is InChI=1S/C42H37ClN4O5S/c1-5-22-9-12-25(13-10-22)46-38(49)28-15-14-27-30(35(28)40(46)51)19-31-39(50)47(41(52)42(31,3)36(27)23-7-6-8-26(48)17-23)34-20-32(44-45(34)4)37-21(2)29-18-24(43)11-16-33(29)53-37/h6-14,16-18,20,28,30-31,35-36,48H,5,15,19H2,1-4H3. The van der Waals surface area contributed by atoms with E-state index < -0.39 is 35.0 Å². The number of nitrogens with zero attached hydrogens (tertiary/aromatic N) is 4. The van der Waals surface area contributed by atoms with Gasteiger partial charge >= 0.3 is 0 Å². The Morgan fingerprint density at radius 3 is 2.45 bits per heavy atom. The Balaban J connectivity index is 1.14. The summed E-state index contributed by atoms with van der Waals surface area (Å²) in [6, 6.07) is 21.9. The average Bonchev–Trinajstić information content (AvgIpc) is 3.81. The molecule has 268 valence electrons. The van der Waals surface area contributed by atoms with E-state index in [9.17, 15) is 19.5 Å². The van der Waals surface area contributed by atoms with E-state index in [1.165, 1.54) is 9.80 Å². The van der Waals surface area contributed by atoms with Crippen LogP contribution < -0.4 is 9.80 Å². The van der Waals surface area contributed by atoms with Crippen LogP contribution in [0.4, 0.5) is 11.5 Å². The molecule has 3 fully saturated rings. The zero-order chi connectivity index (χ0) is 37.1. The molecular weight excluding hydrogens is 708 g/mol.